The minimum absolute atomic E-state index is 0.0933. The molecular formula is C24H30N2O3. The highest BCUT2D eigenvalue weighted by Gasteiger charge is 2.29. The number of hydrogen-bond donors (Lipinski definition) is 2. The Morgan fingerprint density at radius 3 is 2.24 bits per heavy atom. The number of benzene rings is 2. The van der Waals surface area contributed by atoms with Gasteiger partial charge in [-0.3, -0.25) is 9.59 Å². The summed E-state index contributed by atoms with van der Waals surface area (Å²) in [5.41, 5.74) is 2.37. The van der Waals surface area contributed by atoms with E-state index < -0.39 is 0 Å². The molecule has 1 atom stereocenters. The van der Waals surface area contributed by atoms with Gasteiger partial charge < -0.3 is 15.4 Å². The third kappa shape index (κ3) is 6.34. The van der Waals surface area contributed by atoms with Crippen LogP contribution in [0.15, 0.2) is 48.5 Å². The lowest BCUT2D eigenvalue weighted by atomic mass is 10.1. The van der Waals surface area contributed by atoms with Crippen LogP contribution in [0.1, 0.15) is 62.0 Å². The number of hydrogen-bond acceptors (Lipinski definition) is 3. The van der Waals surface area contributed by atoms with Crippen molar-refractivity contribution < 1.29 is 14.3 Å². The third-order valence-electron chi connectivity index (χ3n) is 5.05. The predicted octanol–water partition coefficient (Wildman–Crippen LogP) is 4.95. The first-order valence-corrected chi connectivity index (χ1v) is 10.4. The maximum Gasteiger partial charge on any atom is 0.251 e. The van der Waals surface area contributed by atoms with E-state index in [0.717, 1.165) is 36.3 Å². The minimum atomic E-state index is -0.141. The molecule has 0 heterocycles. The molecule has 1 unspecified atom stereocenters. The lowest BCUT2D eigenvalue weighted by Gasteiger charge is -2.15. The van der Waals surface area contributed by atoms with E-state index in [0.29, 0.717) is 18.1 Å². The van der Waals surface area contributed by atoms with Gasteiger partial charge >= 0.3 is 0 Å². The van der Waals surface area contributed by atoms with Crippen molar-refractivity contribution in [1.82, 2.24) is 5.32 Å². The Kier molecular flexibility index (Phi) is 6.91. The Bertz CT molecular complexity index is 824. The largest absolute Gasteiger partial charge is 0.494 e. The Balaban J connectivity index is 1.50. The molecule has 154 valence electrons. The highest BCUT2D eigenvalue weighted by atomic mass is 16.5. The summed E-state index contributed by atoms with van der Waals surface area (Å²) >= 11 is 0. The standard InChI is InChI=1S/C24H30N2O3/c1-16(2)14-15-29-22-12-8-20(9-13-22)23(27)25-17(3)18-6-10-21(11-7-18)26-24(28)19-4-5-19/h6-13,16-17,19H,4-5,14-15H2,1-3H3,(H,25,27)(H,26,28). The molecule has 0 radical (unpaired) electrons. The normalized spacial score (nSPS) is 14.3. The summed E-state index contributed by atoms with van der Waals surface area (Å²) < 4.78 is 5.70. The molecule has 1 aliphatic rings. The molecule has 0 spiro atoms. The number of anilines is 1. The highest BCUT2D eigenvalue weighted by Crippen LogP contribution is 2.30. The molecule has 0 saturated heterocycles. The molecule has 1 fully saturated rings. The second-order valence-corrected chi connectivity index (χ2v) is 8.14. The monoisotopic (exact) mass is 394 g/mol. The first kappa shape index (κ1) is 20.9. The third-order valence-corrected chi connectivity index (χ3v) is 5.05. The summed E-state index contributed by atoms with van der Waals surface area (Å²) in [6.07, 6.45) is 2.97. The summed E-state index contributed by atoms with van der Waals surface area (Å²) in [4.78, 5) is 24.4. The fourth-order valence-corrected chi connectivity index (χ4v) is 2.92. The molecule has 0 aromatic heterocycles. The first-order chi connectivity index (χ1) is 13.9. The van der Waals surface area contributed by atoms with Crippen LogP contribution in [0.25, 0.3) is 0 Å². The molecule has 2 aromatic carbocycles. The Morgan fingerprint density at radius 1 is 1.00 bits per heavy atom. The number of carbonyl (C=O) groups is 2. The predicted molar refractivity (Wildman–Crippen MR) is 115 cm³/mol. The molecule has 1 aliphatic carbocycles. The topological polar surface area (TPSA) is 67.4 Å². The first-order valence-electron chi connectivity index (χ1n) is 10.4. The van der Waals surface area contributed by atoms with Gasteiger partial charge in [0.05, 0.1) is 12.6 Å². The second kappa shape index (κ2) is 9.59. The van der Waals surface area contributed by atoms with Crippen molar-refractivity contribution in [2.75, 3.05) is 11.9 Å². The molecule has 5 nitrogen and oxygen atoms in total. The van der Waals surface area contributed by atoms with Crippen LogP contribution < -0.4 is 15.4 Å². The summed E-state index contributed by atoms with van der Waals surface area (Å²) in [6.45, 7) is 6.95. The number of amides is 2. The van der Waals surface area contributed by atoms with Crippen molar-refractivity contribution in [3.05, 3.63) is 59.7 Å². The fourth-order valence-electron chi connectivity index (χ4n) is 2.92. The van der Waals surface area contributed by atoms with Crippen molar-refractivity contribution in [1.29, 1.82) is 0 Å². The molecule has 29 heavy (non-hydrogen) atoms. The van der Waals surface area contributed by atoms with E-state index in [2.05, 4.69) is 24.5 Å². The molecule has 2 N–H and O–H groups in total. The zero-order valence-corrected chi connectivity index (χ0v) is 17.4. The van der Waals surface area contributed by atoms with Gasteiger partial charge in [0.2, 0.25) is 5.91 Å². The lowest BCUT2D eigenvalue weighted by Crippen LogP contribution is -2.26. The van der Waals surface area contributed by atoms with Crippen molar-refractivity contribution in [3.63, 3.8) is 0 Å². The van der Waals surface area contributed by atoms with Gasteiger partial charge in [-0.2, -0.15) is 0 Å². The van der Waals surface area contributed by atoms with Gasteiger partial charge in [-0.05, 0) is 74.1 Å². The fraction of sp³-hybridized carbons (Fsp3) is 0.417. The molecule has 1 saturated carbocycles. The number of rotatable bonds is 9. The van der Waals surface area contributed by atoms with Gasteiger partial charge in [0.15, 0.2) is 0 Å². The Hall–Kier alpha value is -2.82. The quantitative estimate of drug-likeness (QED) is 0.632. The van der Waals surface area contributed by atoms with Crippen LogP contribution in [0, 0.1) is 11.8 Å². The van der Waals surface area contributed by atoms with E-state index in [1.54, 1.807) is 12.1 Å². The van der Waals surface area contributed by atoms with E-state index >= 15 is 0 Å². The van der Waals surface area contributed by atoms with E-state index in [-0.39, 0.29) is 23.8 Å². The van der Waals surface area contributed by atoms with E-state index in [4.69, 9.17) is 4.74 Å². The molecule has 5 heteroatoms. The zero-order chi connectivity index (χ0) is 20.8. The van der Waals surface area contributed by atoms with Crippen molar-refractivity contribution in [3.8, 4) is 5.75 Å². The van der Waals surface area contributed by atoms with Crippen LogP contribution in [0.2, 0.25) is 0 Å². The minimum Gasteiger partial charge on any atom is -0.494 e. The highest BCUT2D eigenvalue weighted by molar-refractivity contribution is 5.95. The van der Waals surface area contributed by atoms with E-state index in [1.807, 2.05) is 43.3 Å². The van der Waals surface area contributed by atoms with Gasteiger partial charge in [-0.1, -0.05) is 26.0 Å². The van der Waals surface area contributed by atoms with Crippen LogP contribution >= 0.6 is 0 Å². The van der Waals surface area contributed by atoms with Crippen molar-refractivity contribution in [2.45, 2.75) is 46.1 Å². The van der Waals surface area contributed by atoms with Crippen LogP contribution in [-0.2, 0) is 4.79 Å². The summed E-state index contributed by atoms with van der Waals surface area (Å²) in [7, 11) is 0. The maximum absolute atomic E-state index is 12.5. The zero-order valence-electron chi connectivity index (χ0n) is 17.4. The smallest absolute Gasteiger partial charge is 0.251 e. The molecule has 2 aromatic rings. The van der Waals surface area contributed by atoms with Gasteiger partial charge in [-0.15, -0.1) is 0 Å². The number of carbonyl (C=O) groups excluding carboxylic acids is 2. The van der Waals surface area contributed by atoms with E-state index in [1.165, 1.54) is 0 Å². The lowest BCUT2D eigenvalue weighted by molar-refractivity contribution is -0.117. The molecular weight excluding hydrogens is 364 g/mol. The number of ether oxygens (including phenoxy) is 1. The van der Waals surface area contributed by atoms with E-state index in [9.17, 15) is 9.59 Å². The van der Waals surface area contributed by atoms with Crippen LogP contribution in [0.3, 0.4) is 0 Å². The average Bonchev–Trinajstić information content (AvgIpc) is 3.54. The Morgan fingerprint density at radius 2 is 1.66 bits per heavy atom. The molecule has 2 amide bonds. The van der Waals surface area contributed by atoms with Crippen LogP contribution in [-0.4, -0.2) is 18.4 Å². The summed E-state index contributed by atoms with van der Waals surface area (Å²) in [5, 5.41) is 5.94. The molecule has 3 rings (SSSR count). The second-order valence-electron chi connectivity index (χ2n) is 8.14. The van der Waals surface area contributed by atoms with Crippen LogP contribution in [0.4, 0.5) is 5.69 Å². The molecule has 0 bridgehead atoms. The summed E-state index contributed by atoms with van der Waals surface area (Å²) in [5.74, 6) is 1.53. The number of nitrogens with one attached hydrogen (secondary N) is 2. The summed E-state index contributed by atoms with van der Waals surface area (Å²) in [6, 6.07) is 14.7. The van der Waals surface area contributed by atoms with Crippen molar-refractivity contribution >= 4 is 17.5 Å². The SMILES string of the molecule is CC(C)CCOc1ccc(C(=O)NC(C)c2ccc(NC(=O)C3CC3)cc2)cc1. The van der Waals surface area contributed by atoms with Gasteiger partial charge in [0.25, 0.3) is 5.91 Å². The van der Waals surface area contributed by atoms with Gasteiger partial charge in [-0.25, -0.2) is 0 Å². The van der Waals surface area contributed by atoms with Crippen LogP contribution in [0.5, 0.6) is 5.75 Å². The van der Waals surface area contributed by atoms with Crippen molar-refractivity contribution in [2.24, 2.45) is 11.8 Å². The Labute approximate surface area is 172 Å². The maximum atomic E-state index is 12.5. The van der Waals surface area contributed by atoms with Gasteiger partial charge in [0.1, 0.15) is 5.75 Å². The average molecular weight is 395 g/mol. The van der Waals surface area contributed by atoms with Gasteiger partial charge in [0, 0.05) is 17.2 Å². The molecule has 0 aliphatic heterocycles.